The topological polar surface area (TPSA) is 37.8 Å². The number of benzene rings is 1. The molecule has 106 valence electrons. The van der Waals surface area contributed by atoms with Gasteiger partial charge in [-0.1, -0.05) is 6.07 Å². The molecule has 2 aromatic rings. The van der Waals surface area contributed by atoms with Crippen LogP contribution in [0.25, 0.3) is 0 Å². The van der Waals surface area contributed by atoms with Crippen molar-refractivity contribution in [1.82, 2.24) is 9.97 Å². The lowest BCUT2D eigenvalue weighted by molar-refractivity contribution is 0.572. The summed E-state index contributed by atoms with van der Waals surface area (Å²) in [6.45, 7) is 3.84. The van der Waals surface area contributed by atoms with Crippen LogP contribution in [0.1, 0.15) is 24.0 Å². The maximum Gasteiger partial charge on any atom is 0.186 e. The summed E-state index contributed by atoms with van der Waals surface area (Å²) in [5, 5.41) is 2.79. The number of aromatic nitrogens is 2. The summed E-state index contributed by atoms with van der Waals surface area (Å²) < 4.78 is 40.1. The van der Waals surface area contributed by atoms with Crippen molar-refractivity contribution in [2.75, 3.05) is 11.9 Å². The Labute approximate surface area is 114 Å². The fraction of sp³-hybridized carbons (Fsp3) is 0.286. The van der Waals surface area contributed by atoms with Crippen molar-refractivity contribution < 1.29 is 13.2 Å². The first-order valence-electron chi connectivity index (χ1n) is 6.22. The molecular formula is C14H14F3N3. The summed E-state index contributed by atoms with van der Waals surface area (Å²) in [5.41, 5.74) is 0.452. The molecule has 0 amide bonds. The van der Waals surface area contributed by atoms with E-state index in [1.165, 1.54) is 19.1 Å². The number of nitrogens with one attached hydrogen (secondary N) is 1. The summed E-state index contributed by atoms with van der Waals surface area (Å²) in [5.74, 6) is -1.45. The van der Waals surface area contributed by atoms with Gasteiger partial charge in [-0.3, -0.25) is 0 Å². The number of anilines is 1. The lowest BCUT2D eigenvalue weighted by Gasteiger charge is -2.09. The molecule has 0 aliphatic heterocycles. The predicted octanol–water partition coefficient (Wildman–Crippen LogP) is 3.22. The first-order valence-corrected chi connectivity index (χ1v) is 6.22. The summed E-state index contributed by atoms with van der Waals surface area (Å²) >= 11 is 0. The lowest BCUT2D eigenvalue weighted by Crippen LogP contribution is -2.09. The second kappa shape index (κ2) is 5.90. The Hall–Kier alpha value is -2.11. The highest BCUT2D eigenvalue weighted by Gasteiger charge is 2.13. The van der Waals surface area contributed by atoms with Crippen LogP contribution < -0.4 is 5.32 Å². The number of aryl methyl sites for hydroxylation is 1. The summed E-state index contributed by atoms with van der Waals surface area (Å²) in [7, 11) is 0. The molecule has 0 saturated heterocycles. The highest BCUT2D eigenvalue weighted by atomic mass is 19.1. The van der Waals surface area contributed by atoms with Gasteiger partial charge in [0.25, 0.3) is 0 Å². The van der Waals surface area contributed by atoms with Crippen LogP contribution in [0.5, 0.6) is 0 Å². The first kappa shape index (κ1) is 14.3. The van der Waals surface area contributed by atoms with E-state index >= 15 is 0 Å². The minimum absolute atomic E-state index is 0.0750. The number of rotatable bonds is 4. The molecule has 0 spiro atoms. The summed E-state index contributed by atoms with van der Waals surface area (Å²) in [4.78, 5) is 8.01. The Balaban J connectivity index is 2.33. The molecule has 0 radical (unpaired) electrons. The summed E-state index contributed by atoms with van der Waals surface area (Å²) in [6.07, 6.45) is 0.0750. The van der Waals surface area contributed by atoms with E-state index in [9.17, 15) is 13.2 Å². The molecular weight excluding hydrogens is 267 g/mol. The molecule has 0 saturated carbocycles. The van der Waals surface area contributed by atoms with E-state index in [0.717, 1.165) is 6.07 Å². The van der Waals surface area contributed by atoms with Crippen LogP contribution in [0.2, 0.25) is 0 Å². The molecule has 6 heteroatoms. The Morgan fingerprint density at radius 2 is 1.90 bits per heavy atom. The standard InChI is InChI=1S/C14H14F3N3/c1-3-18-14-13(17)8(2)19-12(20-14)6-9-4-5-10(15)7-11(9)16/h4-5,7H,3,6H2,1-2H3,(H,18,19,20). The second-order valence-corrected chi connectivity index (χ2v) is 4.33. The van der Waals surface area contributed by atoms with Crippen molar-refractivity contribution in [3.63, 3.8) is 0 Å². The number of hydrogen-bond donors (Lipinski definition) is 1. The molecule has 1 heterocycles. The van der Waals surface area contributed by atoms with Crippen LogP contribution >= 0.6 is 0 Å². The number of nitrogens with zero attached hydrogens (tertiary/aromatic N) is 2. The molecule has 0 fully saturated rings. The van der Waals surface area contributed by atoms with E-state index < -0.39 is 17.5 Å². The minimum Gasteiger partial charge on any atom is -0.368 e. The molecule has 0 aliphatic rings. The zero-order chi connectivity index (χ0) is 14.7. The van der Waals surface area contributed by atoms with Gasteiger partial charge in [0.15, 0.2) is 11.6 Å². The predicted molar refractivity (Wildman–Crippen MR) is 70.1 cm³/mol. The lowest BCUT2D eigenvalue weighted by atomic mass is 10.1. The highest BCUT2D eigenvalue weighted by Crippen LogP contribution is 2.17. The highest BCUT2D eigenvalue weighted by molar-refractivity contribution is 5.38. The molecule has 1 aromatic heterocycles. The SMILES string of the molecule is CCNc1nc(Cc2ccc(F)cc2F)nc(C)c1F. The summed E-state index contributed by atoms with van der Waals surface area (Å²) in [6, 6.07) is 3.30. The molecule has 0 unspecified atom stereocenters. The van der Waals surface area contributed by atoms with Crippen LogP contribution in [-0.2, 0) is 6.42 Å². The van der Waals surface area contributed by atoms with Gasteiger partial charge in [-0.25, -0.2) is 23.1 Å². The van der Waals surface area contributed by atoms with Gasteiger partial charge in [-0.05, 0) is 25.5 Å². The van der Waals surface area contributed by atoms with Gasteiger partial charge in [-0.2, -0.15) is 0 Å². The Bertz CT molecular complexity index is 629. The Morgan fingerprint density at radius 3 is 2.55 bits per heavy atom. The second-order valence-electron chi connectivity index (χ2n) is 4.33. The number of hydrogen-bond acceptors (Lipinski definition) is 3. The van der Waals surface area contributed by atoms with E-state index in [1.54, 1.807) is 0 Å². The smallest absolute Gasteiger partial charge is 0.186 e. The van der Waals surface area contributed by atoms with E-state index in [1.807, 2.05) is 6.92 Å². The molecule has 1 aromatic carbocycles. The molecule has 1 N–H and O–H groups in total. The molecule has 0 atom stereocenters. The maximum atomic E-state index is 13.7. The molecule has 0 bridgehead atoms. The average molecular weight is 281 g/mol. The third kappa shape index (κ3) is 3.07. The van der Waals surface area contributed by atoms with Crippen molar-refractivity contribution in [2.45, 2.75) is 20.3 Å². The van der Waals surface area contributed by atoms with Crippen molar-refractivity contribution in [1.29, 1.82) is 0 Å². The fourth-order valence-electron chi connectivity index (χ4n) is 1.82. The van der Waals surface area contributed by atoms with Crippen LogP contribution in [0, 0.1) is 24.4 Å². The van der Waals surface area contributed by atoms with Crippen molar-refractivity contribution >= 4 is 5.82 Å². The van der Waals surface area contributed by atoms with E-state index in [4.69, 9.17) is 0 Å². The molecule has 2 rings (SSSR count). The van der Waals surface area contributed by atoms with Gasteiger partial charge < -0.3 is 5.32 Å². The van der Waals surface area contributed by atoms with E-state index in [-0.39, 0.29) is 29.3 Å². The van der Waals surface area contributed by atoms with Crippen molar-refractivity contribution in [3.8, 4) is 0 Å². The van der Waals surface area contributed by atoms with Crippen LogP contribution in [0.15, 0.2) is 18.2 Å². The molecule has 3 nitrogen and oxygen atoms in total. The quantitative estimate of drug-likeness (QED) is 0.935. The van der Waals surface area contributed by atoms with E-state index in [2.05, 4.69) is 15.3 Å². The normalized spacial score (nSPS) is 10.7. The number of halogens is 3. The Morgan fingerprint density at radius 1 is 1.15 bits per heavy atom. The van der Waals surface area contributed by atoms with Crippen LogP contribution in [0.4, 0.5) is 19.0 Å². The molecule has 0 aliphatic carbocycles. The van der Waals surface area contributed by atoms with Gasteiger partial charge in [0.1, 0.15) is 17.5 Å². The van der Waals surface area contributed by atoms with Crippen LogP contribution in [0.3, 0.4) is 0 Å². The van der Waals surface area contributed by atoms with Crippen molar-refractivity contribution in [3.05, 3.63) is 52.7 Å². The van der Waals surface area contributed by atoms with Gasteiger partial charge in [0.05, 0.1) is 5.69 Å². The van der Waals surface area contributed by atoms with Gasteiger partial charge in [0.2, 0.25) is 0 Å². The third-order valence-corrected chi connectivity index (χ3v) is 2.77. The third-order valence-electron chi connectivity index (χ3n) is 2.77. The fourth-order valence-corrected chi connectivity index (χ4v) is 1.82. The van der Waals surface area contributed by atoms with Gasteiger partial charge in [-0.15, -0.1) is 0 Å². The van der Waals surface area contributed by atoms with Crippen LogP contribution in [-0.4, -0.2) is 16.5 Å². The van der Waals surface area contributed by atoms with E-state index in [0.29, 0.717) is 6.54 Å². The van der Waals surface area contributed by atoms with Crippen molar-refractivity contribution in [2.24, 2.45) is 0 Å². The zero-order valence-corrected chi connectivity index (χ0v) is 11.2. The molecule has 20 heavy (non-hydrogen) atoms. The monoisotopic (exact) mass is 281 g/mol. The first-order chi connectivity index (χ1) is 9.51. The zero-order valence-electron chi connectivity index (χ0n) is 11.2. The largest absolute Gasteiger partial charge is 0.368 e. The average Bonchev–Trinajstić information content (AvgIpc) is 2.39. The maximum absolute atomic E-state index is 13.7. The Kier molecular flexibility index (Phi) is 4.22. The minimum atomic E-state index is -0.666. The van der Waals surface area contributed by atoms with Gasteiger partial charge in [0, 0.05) is 19.0 Å². The van der Waals surface area contributed by atoms with Gasteiger partial charge >= 0.3 is 0 Å².